The molecule has 3 aliphatic rings. The summed E-state index contributed by atoms with van der Waals surface area (Å²) in [5.41, 5.74) is 10.2. The normalized spacial score (nSPS) is 20.2. The molecule has 1 aliphatic carbocycles. The number of nitrogens with zero attached hydrogens (tertiary/aromatic N) is 9. The van der Waals surface area contributed by atoms with Crippen molar-refractivity contribution in [3.8, 4) is 32.4 Å². The monoisotopic (exact) mass is 1030 g/mol. The number of thiophene rings is 1. The van der Waals surface area contributed by atoms with Gasteiger partial charge in [0.05, 0.1) is 46.6 Å². The van der Waals surface area contributed by atoms with Crippen molar-refractivity contribution >= 4 is 57.7 Å². The number of carbonyl (C=O) groups excluding carboxylic acids is 3. The minimum absolute atomic E-state index is 0.0497. The van der Waals surface area contributed by atoms with E-state index in [9.17, 15) is 19.5 Å². The second-order valence-electron chi connectivity index (χ2n) is 19.4. The Balaban J connectivity index is 0.743. The Kier molecular flexibility index (Phi) is 13.7. The molecule has 72 heavy (non-hydrogen) atoms. The number of halogens is 1. The van der Waals surface area contributed by atoms with Crippen LogP contribution in [0.4, 0.5) is 0 Å². The van der Waals surface area contributed by atoms with Gasteiger partial charge in [-0.2, -0.15) is 5.10 Å². The molecule has 10 rings (SSSR count). The number of rotatable bonds is 14. The summed E-state index contributed by atoms with van der Waals surface area (Å²) in [5.74, 6) is 0.911. The van der Waals surface area contributed by atoms with Crippen molar-refractivity contribution in [3.63, 3.8) is 0 Å². The van der Waals surface area contributed by atoms with Crippen LogP contribution in [0.25, 0.3) is 26.6 Å². The van der Waals surface area contributed by atoms with E-state index in [1.54, 1.807) is 45.8 Å². The first-order valence-electron chi connectivity index (χ1n) is 24.2. The zero-order valence-corrected chi connectivity index (χ0v) is 43.4. The number of amides is 3. The highest BCUT2D eigenvalue weighted by molar-refractivity contribution is 7.15. The van der Waals surface area contributed by atoms with Crippen molar-refractivity contribution in [1.29, 1.82) is 0 Å². The molecule has 16 nitrogen and oxygen atoms in total. The molecule has 2 aliphatic heterocycles. The maximum atomic E-state index is 14.4. The number of aliphatic hydroxyl groups excluding tert-OH is 1. The van der Waals surface area contributed by atoms with Gasteiger partial charge in [-0.15, -0.1) is 32.9 Å². The molecule has 5 atom stereocenters. The summed E-state index contributed by atoms with van der Waals surface area (Å²) in [6.07, 6.45) is 5.74. The summed E-state index contributed by atoms with van der Waals surface area (Å²) >= 11 is 9.53. The lowest BCUT2D eigenvalue weighted by Gasteiger charge is -2.35. The van der Waals surface area contributed by atoms with Gasteiger partial charge in [0.2, 0.25) is 23.6 Å². The number of aromatic nitrogens is 7. The number of aliphatic imine (C=N–C) groups is 1. The molecule has 372 valence electrons. The smallest absolute Gasteiger partial charge is 0.248 e. The molecule has 1 saturated carbocycles. The zero-order chi connectivity index (χ0) is 50.5. The maximum absolute atomic E-state index is 14.4. The van der Waals surface area contributed by atoms with Gasteiger partial charge in [0.1, 0.15) is 35.1 Å². The molecule has 3 amide bonds. The largest absolute Gasteiger partial charge is 0.474 e. The van der Waals surface area contributed by atoms with Gasteiger partial charge in [-0.3, -0.25) is 28.6 Å². The molecule has 1 unspecified atom stereocenters. The van der Waals surface area contributed by atoms with Crippen LogP contribution >= 0.6 is 34.3 Å². The molecule has 5 aromatic heterocycles. The number of aryl methyl sites for hydroxylation is 3. The minimum Gasteiger partial charge on any atom is -0.474 e. The third-order valence-corrected chi connectivity index (χ3v) is 16.4. The summed E-state index contributed by atoms with van der Waals surface area (Å²) in [7, 11) is 0. The number of pyridine rings is 1. The Morgan fingerprint density at radius 1 is 0.889 bits per heavy atom. The van der Waals surface area contributed by atoms with Crippen LogP contribution in [0.1, 0.15) is 109 Å². The number of thiazole rings is 1. The van der Waals surface area contributed by atoms with Gasteiger partial charge in [0.25, 0.3) is 0 Å². The van der Waals surface area contributed by atoms with E-state index in [2.05, 4.69) is 49.7 Å². The maximum Gasteiger partial charge on any atom is 0.248 e. The van der Waals surface area contributed by atoms with E-state index in [4.69, 9.17) is 21.3 Å². The summed E-state index contributed by atoms with van der Waals surface area (Å²) in [5, 5.41) is 32.2. The number of benzene rings is 2. The molecule has 7 aromatic rings. The number of hydrogen-bond donors (Lipinski definition) is 3. The standard InChI is InChI=1S/C53H56ClN11O5S2/c1-27(2)48(52(69)63-25-40(66)20-43(63)51(68)58-29(4)33-8-10-35(11-9-33)49-30(5)56-26-71-49)64-24-37(23-57-64)36-14-17-45(55-22-36)70-41-18-39(19-41)59-44(67)21-42-50-62-61-32(7)65(50)53-46(28(3)31(6)72-53)47(60-42)34-12-15-38(54)16-13-34/h8-17,22-24,26-27,29,39-43,48,66H,18-21,25H2,1-7H3,(H,58,68)(H,59,67)/t29-,39-,40+,41-,42-,43-,48?/m0/s1. The Hall–Kier alpha value is -6.60. The molecule has 0 radical (unpaired) electrons. The number of hydrogen-bond acceptors (Lipinski definition) is 13. The molecule has 2 fully saturated rings. The van der Waals surface area contributed by atoms with Crippen LogP contribution in [-0.2, 0) is 14.4 Å². The van der Waals surface area contributed by atoms with Crippen molar-refractivity contribution in [2.24, 2.45) is 10.9 Å². The first kappa shape index (κ1) is 49.0. The first-order valence-corrected chi connectivity index (χ1v) is 26.3. The van der Waals surface area contributed by atoms with E-state index in [1.807, 2.05) is 105 Å². The molecule has 19 heteroatoms. The number of likely N-dealkylation sites (tertiary alicyclic amines) is 1. The summed E-state index contributed by atoms with van der Waals surface area (Å²) in [6, 6.07) is 16.8. The van der Waals surface area contributed by atoms with Crippen molar-refractivity contribution < 1.29 is 24.2 Å². The third kappa shape index (κ3) is 9.72. The average Bonchev–Trinajstić information content (AvgIpc) is 4.19. The predicted molar refractivity (Wildman–Crippen MR) is 278 cm³/mol. The summed E-state index contributed by atoms with van der Waals surface area (Å²) in [6.45, 7) is 13.9. The fraction of sp³-hybridized carbons (Fsp3) is 0.377. The SMILES string of the molecule is Cc1ncsc1-c1ccc([C@H](C)NC(=O)[C@@H]2C[C@@H](O)CN2C(=O)C(C(C)C)n2cc(-c3ccc(O[C@H]4C[C@H](NC(=O)C[C@@H]5N=C(c6ccc(Cl)cc6)c6c(sc(C)c6C)-n6c(C)nnc65)C4)nc3)cn2)cc1. The molecule has 1 saturated heterocycles. The Morgan fingerprint density at radius 3 is 2.32 bits per heavy atom. The number of β-amino-alcohol motifs (C(OH)–C–C–N with tert-alkyl or cyclic N) is 1. The zero-order valence-electron chi connectivity index (χ0n) is 41.0. The quantitative estimate of drug-likeness (QED) is 0.0949. The number of fused-ring (bicyclic) bond motifs is 3. The van der Waals surface area contributed by atoms with Crippen LogP contribution in [0.3, 0.4) is 0 Å². The number of ether oxygens (including phenoxy) is 1. The van der Waals surface area contributed by atoms with Gasteiger partial charge in [-0.1, -0.05) is 61.8 Å². The van der Waals surface area contributed by atoms with E-state index in [1.165, 1.54) is 9.78 Å². The lowest BCUT2D eigenvalue weighted by Crippen LogP contribution is -2.49. The van der Waals surface area contributed by atoms with Crippen molar-refractivity contribution in [1.82, 2.24) is 50.0 Å². The molecular formula is C53H56ClN11O5S2. The van der Waals surface area contributed by atoms with Crippen molar-refractivity contribution in [2.75, 3.05) is 6.54 Å². The first-order chi connectivity index (χ1) is 34.6. The highest BCUT2D eigenvalue weighted by atomic mass is 35.5. The van der Waals surface area contributed by atoms with E-state index in [0.29, 0.717) is 29.6 Å². The Labute approximate surface area is 430 Å². The summed E-state index contributed by atoms with van der Waals surface area (Å²) < 4.78 is 9.90. The summed E-state index contributed by atoms with van der Waals surface area (Å²) in [4.78, 5) is 59.8. The van der Waals surface area contributed by atoms with E-state index < -0.39 is 24.2 Å². The van der Waals surface area contributed by atoms with E-state index >= 15 is 0 Å². The highest BCUT2D eigenvalue weighted by Crippen LogP contribution is 2.40. The average molecular weight is 1030 g/mol. The van der Waals surface area contributed by atoms with Crippen LogP contribution in [0.2, 0.25) is 5.02 Å². The van der Waals surface area contributed by atoms with Gasteiger partial charge in [-0.25, -0.2) is 9.97 Å². The highest BCUT2D eigenvalue weighted by Gasteiger charge is 2.43. The number of carbonyl (C=O) groups is 3. The van der Waals surface area contributed by atoms with Crippen LogP contribution < -0.4 is 15.4 Å². The van der Waals surface area contributed by atoms with Crippen molar-refractivity contribution in [2.45, 2.75) is 117 Å². The van der Waals surface area contributed by atoms with E-state index in [0.717, 1.165) is 66.1 Å². The van der Waals surface area contributed by atoms with Crippen molar-refractivity contribution in [3.05, 3.63) is 134 Å². The van der Waals surface area contributed by atoms with Crippen LogP contribution in [0, 0.1) is 33.6 Å². The van der Waals surface area contributed by atoms with Crippen LogP contribution in [0.15, 0.2) is 89.8 Å². The molecule has 3 N–H and O–H groups in total. The predicted octanol–water partition coefficient (Wildman–Crippen LogP) is 8.64. The molecule has 0 bridgehead atoms. The fourth-order valence-corrected chi connectivity index (χ4v) is 12.0. The topological polar surface area (TPSA) is 195 Å². The molecular weight excluding hydrogens is 970 g/mol. The Bertz CT molecular complexity index is 3170. The fourth-order valence-electron chi connectivity index (χ4n) is 9.88. The van der Waals surface area contributed by atoms with Gasteiger partial charge in [0.15, 0.2) is 5.82 Å². The number of aliphatic hydroxyl groups is 1. The lowest BCUT2D eigenvalue weighted by molar-refractivity contribution is -0.142. The minimum atomic E-state index is -0.835. The van der Waals surface area contributed by atoms with Gasteiger partial charge in [0, 0.05) is 82.5 Å². The molecule has 0 spiro atoms. The van der Waals surface area contributed by atoms with Gasteiger partial charge >= 0.3 is 0 Å². The van der Waals surface area contributed by atoms with Crippen LogP contribution in [-0.4, -0.2) is 98.8 Å². The third-order valence-electron chi connectivity index (χ3n) is 14.0. The second kappa shape index (κ2) is 20.1. The Morgan fingerprint density at radius 2 is 1.62 bits per heavy atom. The molecule has 7 heterocycles. The van der Waals surface area contributed by atoms with Crippen LogP contribution in [0.5, 0.6) is 5.88 Å². The lowest BCUT2D eigenvalue weighted by atomic mass is 9.89. The van der Waals surface area contributed by atoms with Gasteiger partial charge < -0.3 is 25.4 Å². The number of nitrogens with one attached hydrogen (secondary N) is 2. The molecule has 2 aromatic carbocycles. The van der Waals surface area contributed by atoms with E-state index in [-0.39, 0.29) is 61.2 Å². The van der Waals surface area contributed by atoms with Gasteiger partial charge in [-0.05, 0) is 75.4 Å². The second-order valence-corrected chi connectivity index (χ2v) is 21.9.